The topological polar surface area (TPSA) is 84.5 Å². The van der Waals surface area contributed by atoms with Crippen LogP contribution in [0.2, 0.25) is 0 Å². The zero-order chi connectivity index (χ0) is 25.0. The molecule has 0 radical (unpaired) electrons. The zero-order valence-corrected chi connectivity index (χ0v) is 18.6. The summed E-state index contributed by atoms with van der Waals surface area (Å²) in [6.45, 7) is 3.14. The predicted octanol–water partition coefficient (Wildman–Crippen LogP) is 4.64. The van der Waals surface area contributed by atoms with Crippen LogP contribution in [0.3, 0.4) is 0 Å². The second-order valence-corrected chi connectivity index (χ2v) is 8.73. The number of nitrogens with one attached hydrogen (secondary N) is 2. The van der Waals surface area contributed by atoms with Crippen LogP contribution < -0.4 is 14.8 Å². The van der Waals surface area contributed by atoms with Gasteiger partial charge in [-0.1, -0.05) is 6.07 Å². The highest BCUT2D eigenvalue weighted by Crippen LogP contribution is 2.33. The Kier molecular flexibility index (Phi) is 8.06. The van der Waals surface area contributed by atoms with E-state index in [4.69, 9.17) is 4.74 Å². The fourth-order valence-electron chi connectivity index (χ4n) is 2.76. The average molecular weight is 492 g/mol. The molecule has 0 fully saturated rings. The van der Waals surface area contributed by atoms with Gasteiger partial charge in [0.25, 0.3) is 0 Å². The maximum Gasteiger partial charge on any atom is 0.416 e. The van der Waals surface area contributed by atoms with E-state index in [0.717, 1.165) is 42.7 Å². The highest BCUT2D eigenvalue weighted by Gasteiger charge is 2.31. The standard InChI is InChI=1S/C21H21F5N2O4S/c1-4-32-18-11-15(21(24,25)26)7-5-13(18)6-8-19(29)27-12(2)14-9-16(22)20(17(23)10-14)28-33(3,30)31/h5-12,28H,4H2,1-3H3,(H,27,29). The number of anilines is 1. The third kappa shape index (κ3) is 7.45. The van der Waals surface area contributed by atoms with Gasteiger partial charge in [0.1, 0.15) is 11.4 Å². The summed E-state index contributed by atoms with van der Waals surface area (Å²) in [5.41, 5.74) is -1.50. The van der Waals surface area contributed by atoms with Gasteiger partial charge in [-0.15, -0.1) is 0 Å². The lowest BCUT2D eigenvalue weighted by atomic mass is 10.1. The van der Waals surface area contributed by atoms with Gasteiger partial charge in [-0.2, -0.15) is 13.2 Å². The summed E-state index contributed by atoms with van der Waals surface area (Å²) in [7, 11) is -3.91. The largest absolute Gasteiger partial charge is 0.493 e. The van der Waals surface area contributed by atoms with Crippen molar-refractivity contribution in [2.45, 2.75) is 26.1 Å². The molecule has 1 atom stereocenters. The number of hydrogen-bond acceptors (Lipinski definition) is 4. The van der Waals surface area contributed by atoms with E-state index in [1.807, 2.05) is 0 Å². The molecule has 6 nitrogen and oxygen atoms in total. The van der Waals surface area contributed by atoms with Crippen molar-refractivity contribution >= 4 is 27.7 Å². The molecule has 2 rings (SSSR count). The van der Waals surface area contributed by atoms with Crippen LogP contribution in [0, 0.1) is 11.6 Å². The Labute approximate surface area is 187 Å². The van der Waals surface area contributed by atoms with Crippen LogP contribution in [-0.2, 0) is 21.0 Å². The first-order valence-corrected chi connectivity index (χ1v) is 11.4. The summed E-state index contributed by atoms with van der Waals surface area (Å²) in [5.74, 6) is -3.09. The predicted molar refractivity (Wildman–Crippen MR) is 113 cm³/mol. The smallest absolute Gasteiger partial charge is 0.416 e. The Morgan fingerprint density at radius 3 is 2.27 bits per heavy atom. The van der Waals surface area contributed by atoms with Gasteiger partial charge < -0.3 is 10.1 Å². The second kappa shape index (κ2) is 10.2. The molecular weight excluding hydrogens is 471 g/mol. The third-order valence-electron chi connectivity index (χ3n) is 4.27. The average Bonchev–Trinajstić information content (AvgIpc) is 2.68. The zero-order valence-electron chi connectivity index (χ0n) is 17.8. The number of ether oxygens (including phenoxy) is 1. The van der Waals surface area contributed by atoms with Crippen molar-refractivity contribution < 1.29 is 39.9 Å². The van der Waals surface area contributed by atoms with E-state index in [9.17, 15) is 35.2 Å². The van der Waals surface area contributed by atoms with Gasteiger partial charge in [-0.3, -0.25) is 9.52 Å². The van der Waals surface area contributed by atoms with Crippen molar-refractivity contribution in [2.75, 3.05) is 17.6 Å². The molecule has 2 N–H and O–H groups in total. The van der Waals surface area contributed by atoms with Gasteiger partial charge in [0.05, 0.1) is 24.5 Å². The van der Waals surface area contributed by atoms with Gasteiger partial charge in [0.15, 0.2) is 11.6 Å². The minimum absolute atomic E-state index is 0.0235. The number of benzene rings is 2. The SMILES string of the molecule is CCOc1cc(C(F)(F)F)ccc1C=CC(=O)NC(C)c1cc(F)c(NS(C)(=O)=O)c(F)c1. The van der Waals surface area contributed by atoms with E-state index in [0.29, 0.717) is 0 Å². The van der Waals surface area contributed by atoms with Gasteiger partial charge in [-0.25, -0.2) is 17.2 Å². The maximum atomic E-state index is 14.2. The van der Waals surface area contributed by atoms with Gasteiger partial charge in [0, 0.05) is 11.6 Å². The van der Waals surface area contributed by atoms with Crippen LogP contribution >= 0.6 is 0 Å². The van der Waals surface area contributed by atoms with Gasteiger partial charge >= 0.3 is 6.18 Å². The molecule has 0 spiro atoms. The first kappa shape index (κ1) is 26.1. The Balaban J connectivity index is 2.18. The molecule has 12 heteroatoms. The van der Waals surface area contributed by atoms with Crippen molar-refractivity contribution in [2.24, 2.45) is 0 Å². The molecule has 0 heterocycles. The maximum absolute atomic E-state index is 14.2. The molecule has 33 heavy (non-hydrogen) atoms. The highest BCUT2D eigenvalue weighted by atomic mass is 32.2. The normalized spacial score (nSPS) is 13.1. The number of alkyl halides is 3. The van der Waals surface area contributed by atoms with Crippen LogP contribution in [0.25, 0.3) is 6.08 Å². The minimum Gasteiger partial charge on any atom is -0.493 e. The van der Waals surface area contributed by atoms with Crippen LogP contribution in [0.15, 0.2) is 36.4 Å². The lowest BCUT2D eigenvalue weighted by Gasteiger charge is -2.15. The quantitative estimate of drug-likeness (QED) is 0.415. The fraction of sp³-hybridized carbons (Fsp3) is 0.286. The van der Waals surface area contributed by atoms with E-state index < -0.39 is 51.0 Å². The first-order valence-electron chi connectivity index (χ1n) is 9.50. The minimum atomic E-state index is -4.56. The van der Waals surface area contributed by atoms with Gasteiger partial charge in [-0.05, 0) is 49.8 Å². The van der Waals surface area contributed by atoms with Crippen LogP contribution in [0.1, 0.15) is 36.6 Å². The molecule has 0 aromatic heterocycles. The number of carbonyl (C=O) groups excluding carboxylic acids is 1. The van der Waals surface area contributed by atoms with Crippen molar-refractivity contribution in [3.05, 3.63) is 64.7 Å². The summed E-state index contributed by atoms with van der Waals surface area (Å²) < 4.78 is 96.4. The fourth-order valence-corrected chi connectivity index (χ4v) is 3.33. The summed E-state index contributed by atoms with van der Waals surface area (Å²) >= 11 is 0. The summed E-state index contributed by atoms with van der Waals surface area (Å²) in [6, 6.07) is 3.68. The Morgan fingerprint density at radius 1 is 1.15 bits per heavy atom. The molecule has 180 valence electrons. The number of hydrogen-bond donors (Lipinski definition) is 2. The first-order chi connectivity index (χ1) is 15.2. The lowest BCUT2D eigenvalue weighted by Crippen LogP contribution is -2.25. The number of halogens is 5. The van der Waals surface area contributed by atoms with Crippen LogP contribution in [0.4, 0.5) is 27.6 Å². The van der Waals surface area contributed by atoms with E-state index >= 15 is 0 Å². The summed E-state index contributed by atoms with van der Waals surface area (Å²) in [5, 5.41) is 2.46. The third-order valence-corrected chi connectivity index (χ3v) is 4.84. The van der Waals surface area contributed by atoms with Crippen LogP contribution in [0.5, 0.6) is 5.75 Å². The highest BCUT2D eigenvalue weighted by molar-refractivity contribution is 7.92. The number of carbonyl (C=O) groups is 1. The number of rotatable bonds is 8. The molecule has 0 saturated carbocycles. The van der Waals surface area contributed by atoms with Crippen molar-refractivity contribution in [3.8, 4) is 5.75 Å². The molecule has 2 aromatic rings. The van der Waals surface area contributed by atoms with E-state index in [1.54, 1.807) is 11.6 Å². The Hall–Kier alpha value is -3.15. The second-order valence-electron chi connectivity index (χ2n) is 6.98. The van der Waals surface area contributed by atoms with E-state index in [2.05, 4.69) is 5.32 Å². The number of amides is 1. The molecule has 0 aliphatic carbocycles. The Morgan fingerprint density at radius 2 is 1.76 bits per heavy atom. The summed E-state index contributed by atoms with van der Waals surface area (Å²) in [4.78, 5) is 12.2. The van der Waals surface area contributed by atoms with Crippen molar-refractivity contribution in [3.63, 3.8) is 0 Å². The molecule has 0 saturated heterocycles. The molecule has 1 amide bonds. The van der Waals surface area contributed by atoms with E-state index in [-0.39, 0.29) is 23.5 Å². The molecular formula is C21H21F5N2O4S. The molecule has 0 aliphatic heterocycles. The van der Waals surface area contributed by atoms with Gasteiger partial charge in [0.2, 0.25) is 15.9 Å². The Bertz CT molecular complexity index is 1140. The molecule has 0 aliphatic rings. The van der Waals surface area contributed by atoms with Crippen molar-refractivity contribution in [1.29, 1.82) is 0 Å². The van der Waals surface area contributed by atoms with E-state index in [1.165, 1.54) is 13.0 Å². The number of sulfonamides is 1. The molecule has 2 aromatic carbocycles. The summed E-state index contributed by atoms with van der Waals surface area (Å²) in [6.07, 6.45) is -1.54. The monoisotopic (exact) mass is 492 g/mol. The lowest BCUT2D eigenvalue weighted by molar-refractivity contribution is -0.137. The molecule has 1 unspecified atom stereocenters. The molecule has 0 bridgehead atoms. The van der Waals surface area contributed by atoms with Crippen LogP contribution in [-0.4, -0.2) is 27.2 Å². The van der Waals surface area contributed by atoms with Crippen molar-refractivity contribution in [1.82, 2.24) is 5.32 Å².